The molecule has 0 radical (unpaired) electrons. The molecule has 0 bridgehead atoms. The molecule has 0 aromatic carbocycles. The number of hydrogen-bond donors (Lipinski definition) is 3. The van der Waals surface area contributed by atoms with Crippen LogP contribution in [0.3, 0.4) is 0 Å². The van der Waals surface area contributed by atoms with Crippen LogP contribution < -0.4 is 5.32 Å². The number of nitrogens with zero attached hydrogens (tertiary/aromatic N) is 2. The van der Waals surface area contributed by atoms with Crippen LogP contribution in [0.1, 0.15) is 10.4 Å². The van der Waals surface area contributed by atoms with E-state index in [4.69, 9.17) is 21.8 Å². The lowest BCUT2D eigenvalue weighted by Gasteiger charge is -2.21. The summed E-state index contributed by atoms with van der Waals surface area (Å²) in [5.41, 5.74) is 0.290. The predicted octanol–water partition coefficient (Wildman–Crippen LogP) is 0.204. The molecule has 1 amide bonds. The number of aliphatic hydroxyl groups excluding tert-OH is 2. The van der Waals surface area contributed by atoms with E-state index < -0.39 is 0 Å². The minimum atomic E-state index is -0.345. The fourth-order valence-corrected chi connectivity index (χ4v) is 1.65. The first-order valence-corrected chi connectivity index (χ1v) is 5.86. The molecule has 0 saturated carbocycles. The molecule has 6 nitrogen and oxygen atoms in total. The summed E-state index contributed by atoms with van der Waals surface area (Å²) in [6.45, 7) is -0.0550. The highest BCUT2D eigenvalue weighted by Gasteiger charge is 2.18. The lowest BCUT2D eigenvalue weighted by Crippen LogP contribution is -2.36. The van der Waals surface area contributed by atoms with Gasteiger partial charge in [-0.05, 0) is 6.07 Å². The van der Waals surface area contributed by atoms with Crippen LogP contribution in [0.25, 0.3) is 0 Å². The quantitative estimate of drug-likeness (QED) is 0.690. The second kappa shape index (κ2) is 7.15. The van der Waals surface area contributed by atoms with E-state index in [1.54, 1.807) is 7.05 Å². The minimum Gasteiger partial charge on any atom is -0.395 e. The van der Waals surface area contributed by atoms with Gasteiger partial charge in [0.15, 0.2) is 0 Å². The molecule has 7 heteroatoms. The summed E-state index contributed by atoms with van der Waals surface area (Å²) >= 11 is 5.93. The van der Waals surface area contributed by atoms with Gasteiger partial charge in [-0.3, -0.25) is 4.79 Å². The van der Waals surface area contributed by atoms with Gasteiger partial charge in [0.1, 0.15) is 5.82 Å². The Bertz CT molecular complexity index is 409. The maximum absolute atomic E-state index is 12.2. The lowest BCUT2D eigenvalue weighted by atomic mass is 10.2. The molecule has 0 saturated heterocycles. The first-order valence-electron chi connectivity index (χ1n) is 5.48. The fraction of sp³-hybridized carbons (Fsp3) is 0.455. The van der Waals surface area contributed by atoms with Crippen molar-refractivity contribution in [2.75, 3.05) is 38.7 Å². The number of carbonyl (C=O) groups excluding carboxylic acids is 1. The molecule has 100 valence electrons. The van der Waals surface area contributed by atoms with E-state index in [1.807, 2.05) is 0 Å². The number of aliphatic hydroxyl groups is 2. The standard InChI is InChI=1S/C11H16ClN3O3/c1-13-10-6-8(9(12)7-14-10)11(18)15(2-4-16)3-5-17/h6-7,16-17H,2-5H2,1H3,(H,13,14). The van der Waals surface area contributed by atoms with Crippen molar-refractivity contribution in [2.45, 2.75) is 0 Å². The van der Waals surface area contributed by atoms with Crippen molar-refractivity contribution in [1.82, 2.24) is 9.88 Å². The van der Waals surface area contributed by atoms with Crippen LogP contribution in [0.4, 0.5) is 5.82 Å². The van der Waals surface area contributed by atoms with Crippen LogP contribution in [0.5, 0.6) is 0 Å². The van der Waals surface area contributed by atoms with E-state index in [0.29, 0.717) is 5.82 Å². The van der Waals surface area contributed by atoms with Crippen molar-refractivity contribution in [1.29, 1.82) is 0 Å². The number of rotatable bonds is 6. The van der Waals surface area contributed by atoms with E-state index in [-0.39, 0.29) is 42.8 Å². The Hall–Kier alpha value is -1.37. The number of hydrogen-bond acceptors (Lipinski definition) is 5. The molecule has 18 heavy (non-hydrogen) atoms. The highest BCUT2D eigenvalue weighted by Crippen LogP contribution is 2.19. The molecule has 1 aromatic heterocycles. The Labute approximate surface area is 110 Å². The van der Waals surface area contributed by atoms with Crippen molar-refractivity contribution >= 4 is 23.3 Å². The number of carbonyl (C=O) groups is 1. The lowest BCUT2D eigenvalue weighted by molar-refractivity contribution is 0.0685. The van der Waals surface area contributed by atoms with E-state index in [1.165, 1.54) is 17.2 Å². The Morgan fingerprint density at radius 1 is 1.44 bits per heavy atom. The van der Waals surface area contributed by atoms with Crippen LogP contribution in [0, 0.1) is 0 Å². The smallest absolute Gasteiger partial charge is 0.255 e. The van der Waals surface area contributed by atoms with Gasteiger partial charge in [-0.15, -0.1) is 0 Å². The molecule has 0 unspecified atom stereocenters. The Balaban J connectivity index is 2.99. The normalized spacial score (nSPS) is 10.2. The zero-order valence-corrected chi connectivity index (χ0v) is 10.8. The van der Waals surface area contributed by atoms with Crippen molar-refractivity contribution in [2.24, 2.45) is 0 Å². The number of amides is 1. The third-order valence-corrected chi connectivity index (χ3v) is 2.67. The van der Waals surface area contributed by atoms with Crippen molar-refractivity contribution in [3.05, 3.63) is 22.8 Å². The van der Waals surface area contributed by atoms with Crippen molar-refractivity contribution < 1.29 is 15.0 Å². The van der Waals surface area contributed by atoms with Crippen LogP contribution >= 0.6 is 11.6 Å². The van der Waals surface area contributed by atoms with E-state index >= 15 is 0 Å². The van der Waals surface area contributed by atoms with Gasteiger partial charge in [0.05, 0.1) is 23.8 Å². The molecular formula is C11H16ClN3O3. The topological polar surface area (TPSA) is 85.7 Å². The SMILES string of the molecule is CNc1cc(C(=O)N(CCO)CCO)c(Cl)cn1. The van der Waals surface area contributed by atoms with Gasteiger partial charge >= 0.3 is 0 Å². The van der Waals surface area contributed by atoms with E-state index in [9.17, 15) is 4.79 Å². The summed E-state index contributed by atoms with van der Waals surface area (Å²) in [4.78, 5) is 17.5. The molecular weight excluding hydrogens is 258 g/mol. The van der Waals surface area contributed by atoms with Gasteiger partial charge in [0.2, 0.25) is 0 Å². The average Bonchev–Trinajstić information content (AvgIpc) is 2.38. The minimum absolute atomic E-state index is 0.146. The summed E-state index contributed by atoms with van der Waals surface area (Å²) in [7, 11) is 1.68. The highest BCUT2D eigenvalue weighted by atomic mass is 35.5. The van der Waals surface area contributed by atoms with Gasteiger partial charge in [-0.1, -0.05) is 11.6 Å². The summed E-state index contributed by atoms with van der Waals surface area (Å²) in [5, 5.41) is 20.8. The summed E-state index contributed by atoms with van der Waals surface area (Å²) in [5.74, 6) is 0.178. The Morgan fingerprint density at radius 3 is 2.56 bits per heavy atom. The maximum atomic E-state index is 12.2. The molecule has 0 aliphatic carbocycles. The molecule has 0 aliphatic heterocycles. The number of anilines is 1. The summed E-state index contributed by atoms with van der Waals surface area (Å²) in [6.07, 6.45) is 1.39. The zero-order valence-electron chi connectivity index (χ0n) is 10.1. The molecule has 0 atom stereocenters. The second-order valence-electron chi connectivity index (χ2n) is 3.54. The van der Waals surface area contributed by atoms with Crippen LogP contribution in [0.15, 0.2) is 12.3 Å². The van der Waals surface area contributed by atoms with Crippen LogP contribution in [-0.2, 0) is 0 Å². The van der Waals surface area contributed by atoms with Gasteiger partial charge in [-0.2, -0.15) is 0 Å². The molecule has 1 aromatic rings. The number of aromatic nitrogens is 1. The third kappa shape index (κ3) is 3.56. The largest absolute Gasteiger partial charge is 0.395 e. The van der Waals surface area contributed by atoms with Gasteiger partial charge in [0, 0.05) is 26.3 Å². The first-order chi connectivity index (χ1) is 8.63. The van der Waals surface area contributed by atoms with Crippen LogP contribution in [0.2, 0.25) is 5.02 Å². The summed E-state index contributed by atoms with van der Waals surface area (Å²) in [6, 6.07) is 1.53. The molecule has 3 N–H and O–H groups in total. The molecule has 0 aliphatic rings. The molecule has 1 rings (SSSR count). The number of nitrogens with one attached hydrogen (secondary N) is 1. The Kier molecular flexibility index (Phi) is 5.84. The Morgan fingerprint density at radius 2 is 2.06 bits per heavy atom. The van der Waals surface area contributed by atoms with Crippen LogP contribution in [-0.4, -0.2) is 59.4 Å². The molecule has 0 fully saturated rings. The van der Waals surface area contributed by atoms with Gasteiger partial charge in [0.25, 0.3) is 5.91 Å². The number of pyridine rings is 1. The summed E-state index contributed by atoms with van der Waals surface area (Å²) < 4.78 is 0. The van der Waals surface area contributed by atoms with Gasteiger partial charge < -0.3 is 20.4 Å². The van der Waals surface area contributed by atoms with E-state index in [0.717, 1.165) is 0 Å². The monoisotopic (exact) mass is 273 g/mol. The highest BCUT2D eigenvalue weighted by molar-refractivity contribution is 6.33. The fourth-order valence-electron chi connectivity index (χ4n) is 1.47. The first kappa shape index (κ1) is 14.7. The second-order valence-corrected chi connectivity index (χ2v) is 3.95. The predicted molar refractivity (Wildman–Crippen MR) is 68.9 cm³/mol. The zero-order chi connectivity index (χ0) is 13.5. The average molecular weight is 274 g/mol. The maximum Gasteiger partial charge on any atom is 0.255 e. The third-order valence-electron chi connectivity index (χ3n) is 2.37. The molecule has 1 heterocycles. The number of halogens is 1. The van der Waals surface area contributed by atoms with E-state index in [2.05, 4.69) is 10.3 Å². The van der Waals surface area contributed by atoms with Gasteiger partial charge in [-0.25, -0.2) is 4.98 Å². The van der Waals surface area contributed by atoms with Crippen molar-refractivity contribution in [3.63, 3.8) is 0 Å². The molecule has 0 spiro atoms. The van der Waals surface area contributed by atoms with Crippen molar-refractivity contribution in [3.8, 4) is 0 Å².